The molecule has 0 aromatic carbocycles. The topological polar surface area (TPSA) is 27.7 Å². The molecule has 3 heteroatoms. The van der Waals surface area contributed by atoms with E-state index in [2.05, 4.69) is 10.1 Å². The molecule has 0 spiro atoms. The summed E-state index contributed by atoms with van der Waals surface area (Å²) in [4.78, 5) is 3.80. The van der Waals surface area contributed by atoms with Crippen LogP contribution in [0.2, 0.25) is 0 Å². The fraction of sp³-hybridized carbons (Fsp3) is 0.667. The molecule has 1 heterocycles. The van der Waals surface area contributed by atoms with Crippen LogP contribution in [0.25, 0.3) is 0 Å². The lowest BCUT2D eigenvalue weighted by atomic mass is 11.1. The molecule has 0 saturated carbocycles. The number of hydrogen-bond acceptors (Lipinski definition) is 2. The van der Waals surface area contributed by atoms with Gasteiger partial charge >= 0.3 is 6.34 Å². The average Bonchev–Trinajstić information content (AvgIpc) is 1.86. The van der Waals surface area contributed by atoms with Crippen LogP contribution in [0, 0.1) is 0 Å². The van der Waals surface area contributed by atoms with E-state index in [4.69, 9.17) is 0 Å². The average molecular weight is 84.1 g/mol. The lowest BCUT2D eigenvalue weighted by Gasteiger charge is -1.67. The maximum atomic E-state index is 3.85. The number of aliphatic imine (C=N–C) groups is 1. The number of hydrogen-bond donors (Lipinski definition) is 0. The first-order valence-electron chi connectivity index (χ1n) is 1.80. The number of azo groups is 2. The maximum absolute atomic E-state index is 3.85. The molecule has 1 aliphatic rings. The highest BCUT2D eigenvalue weighted by atomic mass is 15.3. The van der Waals surface area contributed by atoms with Crippen molar-refractivity contribution in [3.63, 3.8) is 0 Å². The van der Waals surface area contributed by atoms with Crippen molar-refractivity contribution in [2.24, 2.45) is 10.1 Å². The van der Waals surface area contributed by atoms with Crippen molar-refractivity contribution in [3.8, 4) is 0 Å². The second-order valence-corrected chi connectivity index (χ2v) is 1.15. The van der Waals surface area contributed by atoms with Gasteiger partial charge in [-0.3, -0.25) is 0 Å². The fourth-order valence-corrected chi connectivity index (χ4v) is 0.327. The summed E-state index contributed by atoms with van der Waals surface area (Å²) >= 11 is 0. The van der Waals surface area contributed by atoms with Crippen LogP contribution >= 0.6 is 0 Å². The van der Waals surface area contributed by atoms with Gasteiger partial charge in [0, 0.05) is 0 Å². The minimum atomic E-state index is 0.608. The predicted molar refractivity (Wildman–Crippen MR) is 22.0 cm³/mol. The van der Waals surface area contributed by atoms with Crippen molar-refractivity contribution in [3.05, 3.63) is 0 Å². The Kier molecular flexibility index (Phi) is 0.670. The summed E-state index contributed by atoms with van der Waals surface area (Å²) in [5, 5.41) is 3.85. The highest BCUT2D eigenvalue weighted by Gasteiger charge is 1.95. The highest BCUT2D eigenvalue weighted by Crippen LogP contribution is 1.79. The molecule has 3 nitrogen and oxygen atoms in total. The van der Waals surface area contributed by atoms with E-state index in [-0.39, 0.29) is 0 Å². The molecular weight excluding hydrogens is 78.1 g/mol. The molecule has 1 aliphatic heterocycles. The normalized spacial score (nSPS) is 18.5. The number of rotatable bonds is 0. The van der Waals surface area contributed by atoms with Crippen molar-refractivity contribution >= 4 is 6.34 Å². The molecule has 0 amide bonds. The van der Waals surface area contributed by atoms with Gasteiger partial charge in [0.1, 0.15) is 7.05 Å². The maximum Gasteiger partial charge on any atom is 0.302 e. The van der Waals surface area contributed by atoms with Crippen LogP contribution in [-0.4, -0.2) is 24.8 Å². The second-order valence-electron chi connectivity index (χ2n) is 1.15. The van der Waals surface area contributed by atoms with Crippen LogP contribution in [0.5, 0.6) is 0 Å². The SMILES string of the molecule is C[N+]1=NCN=C1. The highest BCUT2D eigenvalue weighted by molar-refractivity contribution is 5.43. The lowest BCUT2D eigenvalue weighted by molar-refractivity contribution is -0.434. The van der Waals surface area contributed by atoms with Crippen molar-refractivity contribution in [1.29, 1.82) is 0 Å². The Morgan fingerprint density at radius 3 is 2.83 bits per heavy atom. The van der Waals surface area contributed by atoms with E-state index in [1.165, 1.54) is 0 Å². The molecule has 0 N–H and O–H groups in total. The molecule has 0 atom stereocenters. The van der Waals surface area contributed by atoms with E-state index in [0.29, 0.717) is 6.67 Å². The largest absolute Gasteiger partial charge is 0.302 e. The third kappa shape index (κ3) is 0.429. The van der Waals surface area contributed by atoms with Gasteiger partial charge in [0.05, 0.1) is 0 Å². The van der Waals surface area contributed by atoms with Gasteiger partial charge in [0.25, 0.3) is 6.67 Å². The monoisotopic (exact) mass is 84.1 g/mol. The quantitative estimate of drug-likeness (QED) is 0.372. The molecule has 0 radical (unpaired) electrons. The summed E-state index contributed by atoms with van der Waals surface area (Å²) < 4.78 is 1.69. The molecule has 0 aromatic heterocycles. The van der Waals surface area contributed by atoms with Crippen molar-refractivity contribution in [2.75, 3.05) is 13.7 Å². The Bertz CT molecular complexity index is 99.9. The summed E-state index contributed by atoms with van der Waals surface area (Å²) in [5.74, 6) is 0. The molecule has 6 heavy (non-hydrogen) atoms. The Balaban J connectivity index is 2.68. The minimum Gasteiger partial charge on any atom is -0.141 e. The smallest absolute Gasteiger partial charge is 0.141 e. The zero-order valence-electron chi connectivity index (χ0n) is 3.63. The first-order valence-corrected chi connectivity index (χ1v) is 1.80. The fourth-order valence-electron chi connectivity index (χ4n) is 0.327. The zero-order valence-corrected chi connectivity index (χ0v) is 3.63. The first kappa shape index (κ1) is 3.46. The number of nitrogens with zero attached hydrogens (tertiary/aromatic N) is 3. The van der Waals surface area contributed by atoms with Crippen LogP contribution in [0.15, 0.2) is 10.1 Å². The van der Waals surface area contributed by atoms with Crippen LogP contribution in [0.1, 0.15) is 0 Å². The molecule has 0 unspecified atom stereocenters. The summed E-state index contributed by atoms with van der Waals surface area (Å²) in [6.07, 6.45) is 1.69. The molecule has 0 bridgehead atoms. The molecule has 0 saturated heterocycles. The van der Waals surface area contributed by atoms with E-state index in [9.17, 15) is 0 Å². The summed E-state index contributed by atoms with van der Waals surface area (Å²) in [7, 11) is 1.86. The molecule has 0 fully saturated rings. The van der Waals surface area contributed by atoms with Gasteiger partial charge in [-0.1, -0.05) is 10.1 Å². The van der Waals surface area contributed by atoms with Gasteiger partial charge in [-0.05, 0) is 0 Å². The Morgan fingerprint density at radius 1 is 1.83 bits per heavy atom. The minimum absolute atomic E-state index is 0.608. The van der Waals surface area contributed by atoms with Gasteiger partial charge in [-0.25, -0.2) is 0 Å². The summed E-state index contributed by atoms with van der Waals surface area (Å²) in [6.45, 7) is 0.608. The van der Waals surface area contributed by atoms with Gasteiger partial charge in [-0.15, -0.1) is 4.70 Å². The molecule has 0 aliphatic carbocycles. The van der Waals surface area contributed by atoms with E-state index >= 15 is 0 Å². The van der Waals surface area contributed by atoms with E-state index < -0.39 is 0 Å². The Morgan fingerprint density at radius 2 is 2.67 bits per heavy atom. The van der Waals surface area contributed by atoms with E-state index in [1.54, 1.807) is 11.0 Å². The third-order valence-electron chi connectivity index (χ3n) is 0.617. The first-order chi connectivity index (χ1) is 2.89. The third-order valence-corrected chi connectivity index (χ3v) is 0.617. The zero-order chi connectivity index (χ0) is 4.41. The summed E-state index contributed by atoms with van der Waals surface area (Å²) in [5.41, 5.74) is 0. The standard InChI is InChI=1S/C3H6N3/c1-6-3-4-2-5-6/h3H,2H2,1H3/q+1. The Hall–Kier alpha value is -0.730. The Labute approximate surface area is 36.0 Å². The molecular formula is C3H6N3+. The van der Waals surface area contributed by atoms with Crippen molar-refractivity contribution in [1.82, 2.24) is 0 Å². The van der Waals surface area contributed by atoms with Gasteiger partial charge in [0.2, 0.25) is 0 Å². The van der Waals surface area contributed by atoms with Gasteiger partial charge < -0.3 is 0 Å². The summed E-state index contributed by atoms with van der Waals surface area (Å²) in [6, 6.07) is 0. The van der Waals surface area contributed by atoms with Crippen molar-refractivity contribution < 1.29 is 4.70 Å². The predicted octanol–water partition coefficient (Wildman–Crippen LogP) is 0.0803. The van der Waals surface area contributed by atoms with Crippen LogP contribution < -0.4 is 0 Å². The van der Waals surface area contributed by atoms with E-state index in [0.717, 1.165) is 0 Å². The van der Waals surface area contributed by atoms with E-state index in [1.807, 2.05) is 7.05 Å². The van der Waals surface area contributed by atoms with Crippen LogP contribution in [0.4, 0.5) is 0 Å². The van der Waals surface area contributed by atoms with Crippen LogP contribution in [0.3, 0.4) is 0 Å². The second kappa shape index (κ2) is 1.16. The van der Waals surface area contributed by atoms with Gasteiger partial charge in [-0.2, -0.15) is 0 Å². The molecule has 32 valence electrons. The molecule has 0 aromatic rings. The lowest BCUT2D eigenvalue weighted by Crippen LogP contribution is -1.90. The van der Waals surface area contributed by atoms with Gasteiger partial charge in [0.15, 0.2) is 0 Å². The van der Waals surface area contributed by atoms with Crippen molar-refractivity contribution in [2.45, 2.75) is 0 Å². The van der Waals surface area contributed by atoms with Crippen LogP contribution in [-0.2, 0) is 0 Å². The molecule has 1 rings (SSSR count).